The van der Waals surface area contributed by atoms with Crippen molar-refractivity contribution in [2.45, 2.75) is 6.92 Å². The van der Waals surface area contributed by atoms with Crippen molar-refractivity contribution >= 4 is 39.6 Å². The van der Waals surface area contributed by atoms with Crippen LogP contribution in [0.4, 0.5) is 11.5 Å². The summed E-state index contributed by atoms with van der Waals surface area (Å²) in [6.45, 7) is 1.99. The average molecular weight is 294 g/mol. The normalized spacial score (nSPS) is 10.5. The van der Waals surface area contributed by atoms with Gasteiger partial charge in [0.1, 0.15) is 10.8 Å². The van der Waals surface area contributed by atoms with Crippen molar-refractivity contribution in [3.63, 3.8) is 0 Å². The topological polar surface area (TPSA) is 63.8 Å². The summed E-state index contributed by atoms with van der Waals surface area (Å²) in [4.78, 5) is 9.11. The zero-order valence-electron chi connectivity index (χ0n) is 11.5. The monoisotopic (exact) mass is 294 g/mol. The Kier molecular flexibility index (Phi) is 3.50. The zero-order valence-corrected chi connectivity index (χ0v) is 12.3. The molecule has 0 aliphatic rings. The highest BCUT2D eigenvalue weighted by atomic mass is 32.1. The van der Waals surface area contributed by atoms with Crippen molar-refractivity contribution in [3.05, 3.63) is 59.9 Å². The lowest BCUT2D eigenvalue weighted by molar-refractivity contribution is 1.25. The number of nitrogens with one attached hydrogen (secondary N) is 1. The molecule has 0 spiro atoms. The Morgan fingerprint density at radius 1 is 1.19 bits per heavy atom. The minimum atomic E-state index is 0.360. The third-order valence-corrected chi connectivity index (χ3v) is 3.35. The maximum absolute atomic E-state index is 5.83. The summed E-state index contributed by atoms with van der Waals surface area (Å²) in [6, 6.07) is 11.7. The molecule has 0 aliphatic carbocycles. The molecule has 3 rings (SSSR count). The summed E-state index contributed by atoms with van der Waals surface area (Å²) in [5, 5.41) is 4.20. The van der Waals surface area contributed by atoms with Crippen LogP contribution in [0.1, 0.15) is 11.1 Å². The lowest BCUT2D eigenvalue weighted by Crippen LogP contribution is -2.11. The van der Waals surface area contributed by atoms with Crippen LogP contribution in [0, 0.1) is 6.92 Å². The van der Waals surface area contributed by atoms with Crippen LogP contribution in [-0.2, 0) is 0 Å². The van der Waals surface area contributed by atoms with E-state index in [0.29, 0.717) is 10.8 Å². The Labute approximate surface area is 128 Å². The van der Waals surface area contributed by atoms with Gasteiger partial charge >= 0.3 is 0 Å². The molecule has 0 saturated heterocycles. The maximum atomic E-state index is 5.83. The largest absolute Gasteiger partial charge is 0.389 e. The molecule has 0 saturated carbocycles. The van der Waals surface area contributed by atoms with Crippen molar-refractivity contribution in [1.82, 2.24) is 9.97 Å². The number of nitrogens with zero attached hydrogens (tertiary/aromatic N) is 2. The van der Waals surface area contributed by atoms with Gasteiger partial charge in [0.25, 0.3) is 0 Å². The zero-order chi connectivity index (χ0) is 14.8. The van der Waals surface area contributed by atoms with Gasteiger partial charge < -0.3 is 11.1 Å². The van der Waals surface area contributed by atoms with Crippen LogP contribution in [-0.4, -0.2) is 15.0 Å². The summed E-state index contributed by atoms with van der Waals surface area (Å²) in [5.74, 6) is 0.698. The van der Waals surface area contributed by atoms with Crippen LogP contribution < -0.4 is 11.1 Å². The number of pyridine rings is 2. The van der Waals surface area contributed by atoms with E-state index in [1.165, 1.54) is 0 Å². The minimum Gasteiger partial charge on any atom is -0.389 e. The van der Waals surface area contributed by atoms with Gasteiger partial charge in [-0.2, -0.15) is 0 Å². The van der Waals surface area contributed by atoms with Crippen LogP contribution in [0.15, 0.2) is 48.8 Å². The number of hydrogen-bond donors (Lipinski definition) is 2. The Hall–Kier alpha value is -2.53. The minimum absolute atomic E-state index is 0.360. The first kappa shape index (κ1) is 13.5. The predicted molar refractivity (Wildman–Crippen MR) is 89.9 cm³/mol. The first-order valence-electron chi connectivity index (χ1n) is 6.52. The molecule has 2 aromatic heterocycles. The number of anilines is 2. The van der Waals surface area contributed by atoms with E-state index >= 15 is 0 Å². The molecule has 0 radical (unpaired) electrons. The number of benzene rings is 1. The van der Waals surface area contributed by atoms with Crippen LogP contribution >= 0.6 is 12.2 Å². The molecule has 0 atom stereocenters. The first-order valence-corrected chi connectivity index (χ1v) is 6.92. The molecule has 104 valence electrons. The maximum Gasteiger partial charge on any atom is 0.131 e. The van der Waals surface area contributed by atoms with Gasteiger partial charge in [-0.05, 0) is 30.7 Å². The van der Waals surface area contributed by atoms with Crippen LogP contribution in [0.3, 0.4) is 0 Å². The molecular formula is C16H14N4S. The molecule has 4 nitrogen and oxygen atoms in total. The number of nitrogens with two attached hydrogens (primary N) is 1. The SMILES string of the molecule is Cc1cncc(Nc2cc(C(N)=S)c3ccccc3n2)c1. The van der Waals surface area contributed by atoms with Crippen LogP contribution in [0.25, 0.3) is 10.9 Å². The lowest BCUT2D eigenvalue weighted by Gasteiger charge is -2.10. The van der Waals surface area contributed by atoms with Gasteiger partial charge in [0.05, 0.1) is 17.4 Å². The number of aryl methyl sites for hydroxylation is 1. The van der Waals surface area contributed by atoms with E-state index in [2.05, 4.69) is 15.3 Å². The third kappa shape index (κ3) is 2.83. The van der Waals surface area contributed by atoms with E-state index in [-0.39, 0.29) is 0 Å². The van der Waals surface area contributed by atoms with E-state index in [1.54, 1.807) is 12.4 Å². The van der Waals surface area contributed by atoms with Crippen molar-refractivity contribution in [2.24, 2.45) is 5.73 Å². The number of fused-ring (bicyclic) bond motifs is 1. The molecule has 0 unspecified atom stereocenters. The van der Waals surface area contributed by atoms with Crippen LogP contribution in [0.2, 0.25) is 0 Å². The summed E-state index contributed by atoms with van der Waals surface area (Å²) >= 11 is 5.14. The second kappa shape index (κ2) is 5.46. The highest BCUT2D eigenvalue weighted by molar-refractivity contribution is 7.80. The fraction of sp³-hybridized carbons (Fsp3) is 0.0625. The molecule has 3 aromatic rings. The lowest BCUT2D eigenvalue weighted by atomic mass is 10.1. The van der Waals surface area contributed by atoms with Gasteiger partial charge in [0, 0.05) is 17.1 Å². The molecule has 21 heavy (non-hydrogen) atoms. The summed E-state index contributed by atoms with van der Waals surface area (Å²) < 4.78 is 0. The van der Waals surface area contributed by atoms with Gasteiger partial charge in [-0.1, -0.05) is 30.4 Å². The number of thiocarbonyl (C=S) groups is 1. The fourth-order valence-corrected chi connectivity index (χ4v) is 2.38. The molecule has 0 bridgehead atoms. The molecule has 2 heterocycles. The second-order valence-electron chi connectivity index (χ2n) is 4.81. The Morgan fingerprint density at radius 3 is 2.76 bits per heavy atom. The van der Waals surface area contributed by atoms with Gasteiger partial charge in [-0.15, -0.1) is 0 Å². The number of rotatable bonds is 3. The molecule has 1 aromatic carbocycles. The number of para-hydroxylation sites is 1. The summed E-state index contributed by atoms with van der Waals surface area (Å²) in [7, 11) is 0. The van der Waals surface area contributed by atoms with E-state index in [1.807, 2.05) is 43.3 Å². The average Bonchev–Trinajstić information content (AvgIpc) is 2.46. The fourth-order valence-electron chi connectivity index (χ4n) is 2.21. The van der Waals surface area contributed by atoms with Crippen molar-refractivity contribution in [3.8, 4) is 0 Å². The predicted octanol–water partition coefficient (Wildman–Crippen LogP) is 3.32. The Bertz CT molecular complexity index is 829. The smallest absolute Gasteiger partial charge is 0.131 e. The second-order valence-corrected chi connectivity index (χ2v) is 5.25. The van der Waals surface area contributed by atoms with E-state index < -0.39 is 0 Å². The molecule has 0 aliphatic heterocycles. The standard InChI is InChI=1S/C16H14N4S/c1-10-6-11(9-18-8-10)19-15-7-13(16(17)21)12-4-2-3-5-14(12)20-15/h2-9H,1H3,(H2,17,21)(H,19,20). The first-order chi connectivity index (χ1) is 10.1. The van der Waals surface area contributed by atoms with E-state index in [9.17, 15) is 0 Å². The molecule has 5 heteroatoms. The van der Waals surface area contributed by atoms with Crippen molar-refractivity contribution in [2.75, 3.05) is 5.32 Å². The highest BCUT2D eigenvalue weighted by Gasteiger charge is 2.08. The van der Waals surface area contributed by atoms with Crippen molar-refractivity contribution < 1.29 is 0 Å². The van der Waals surface area contributed by atoms with E-state index in [4.69, 9.17) is 18.0 Å². The number of hydrogen-bond acceptors (Lipinski definition) is 4. The van der Waals surface area contributed by atoms with Gasteiger partial charge in [0.2, 0.25) is 0 Å². The summed E-state index contributed by atoms with van der Waals surface area (Å²) in [5.41, 5.74) is 9.46. The Morgan fingerprint density at radius 2 is 2.00 bits per heavy atom. The molecule has 0 fully saturated rings. The number of aromatic nitrogens is 2. The van der Waals surface area contributed by atoms with E-state index in [0.717, 1.165) is 27.7 Å². The van der Waals surface area contributed by atoms with Crippen LogP contribution in [0.5, 0.6) is 0 Å². The molecule has 0 amide bonds. The third-order valence-electron chi connectivity index (χ3n) is 3.13. The van der Waals surface area contributed by atoms with Gasteiger partial charge in [-0.25, -0.2) is 4.98 Å². The highest BCUT2D eigenvalue weighted by Crippen LogP contribution is 2.23. The summed E-state index contributed by atoms with van der Waals surface area (Å²) in [6.07, 6.45) is 3.56. The van der Waals surface area contributed by atoms with Crippen molar-refractivity contribution in [1.29, 1.82) is 0 Å². The quantitative estimate of drug-likeness (QED) is 0.726. The Balaban J connectivity index is 2.09. The van der Waals surface area contributed by atoms with Gasteiger partial charge in [0.15, 0.2) is 0 Å². The molecular weight excluding hydrogens is 280 g/mol. The van der Waals surface area contributed by atoms with Gasteiger partial charge in [-0.3, -0.25) is 4.98 Å². The molecule has 3 N–H and O–H groups in total.